The predicted octanol–water partition coefficient (Wildman–Crippen LogP) is 3.04. The minimum absolute atomic E-state index is 0.619. The minimum Gasteiger partial charge on any atom is -0.310 e. The molecule has 22 heavy (non-hydrogen) atoms. The molecule has 1 aliphatic heterocycles. The number of hydrogen-bond donors (Lipinski definition) is 2. The van der Waals surface area contributed by atoms with E-state index in [1.165, 1.54) is 37.1 Å². The van der Waals surface area contributed by atoms with Crippen LogP contribution in [0.1, 0.15) is 32.3 Å². The molecule has 1 aromatic carbocycles. The van der Waals surface area contributed by atoms with E-state index >= 15 is 0 Å². The lowest BCUT2D eigenvalue weighted by Crippen LogP contribution is -2.44. The fourth-order valence-corrected chi connectivity index (χ4v) is 3.17. The van der Waals surface area contributed by atoms with Crippen LogP contribution in [0.4, 0.5) is 0 Å². The Kier molecular flexibility index (Phi) is 4.90. The molecule has 0 unspecified atom stereocenters. The van der Waals surface area contributed by atoms with E-state index < -0.39 is 0 Å². The van der Waals surface area contributed by atoms with E-state index in [9.17, 15) is 0 Å². The quantitative estimate of drug-likeness (QED) is 0.892. The lowest BCUT2D eigenvalue weighted by Gasteiger charge is -2.35. The summed E-state index contributed by atoms with van der Waals surface area (Å²) < 4.78 is 0. The molecule has 3 rings (SSSR count). The van der Waals surface area contributed by atoms with E-state index in [-0.39, 0.29) is 0 Å². The van der Waals surface area contributed by atoms with E-state index in [4.69, 9.17) is 0 Å². The average molecular weight is 298 g/mol. The predicted molar refractivity (Wildman–Crippen MR) is 90.6 cm³/mol. The third-order valence-electron chi connectivity index (χ3n) is 4.62. The molecule has 0 radical (unpaired) electrons. The van der Waals surface area contributed by atoms with Gasteiger partial charge >= 0.3 is 0 Å². The van der Waals surface area contributed by atoms with Crippen LogP contribution in [-0.2, 0) is 6.54 Å². The number of hydrogen-bond acceptors (Lipinski definition) is 3. The molecule has 2 N–H and O–H groups in total. The second kappa shape index (κ2) is 7.07. The zero-order valence-electron chi connectivity index (χ0n) is 13.5. The highest BCUT2D eigenvalue weighted by atomic mass is 15.2. The number of nitrogens with one attached hydrogen (secondary N) is 2. The third kappa shape index (κ3) is 3.57. The highest BCUT2D eigenvalue weighted by Gasteiger charge is 2.20. The zero-order chi connectivity index (χ0) is 15.4. The van der Waals surface area contributed by atoms with Crippen LogP contribution in [0.3, 0.4) is 0 Å². The molecule has 0 spiro atoms. The van der Waals surface area contributed by atoms with E-state index in [1.807, 2.05) is 12.3 Å². The minimum atomic E-state index is 0.619. The SMILES string of the molecule is CC(C)N1CCC(NCc2cn[nH]c2-c2ccccc2)CC1. The van der Waals surface area contributed by atoms with Gasteiger partial charge in [0.15, 0.2) is 0 Å². The van der Waals surface area contributed by atoms with Gasteiger partial charge in [0.05, 0.1) is 11.9 Å². The fourth-order valence-electron chi connectivity index (χ4n) is 3.17. The van der Waals surface area contributed by atoms with E-state index in [1.54, 1.807) is 0 Å². The summed E-state index contributed by atoms with van der Waals surface area (Å²) in [4.78, 5) is 2.56. The highest BCUT2D eigenvalue weighted by molar-refractivity contribution is 5.62. The normalized spacial score (nSPS) is 17.2. The number of aromatic amines is 1. The largest absolute Gasteiger partial charge is 0.310 e. The third-order valence-corrected chi connectivity index (χ3v) is 4.62. The number of likely N-dealkylation sites (tertiary alicyclic amines) is 1. The van der Waals surface area contributed by atoms with Crippen molar-refractivity contribution in [3.8, 4) is 11.3 Å². The van der Waals surface area contributed by atoms with Crippen molar-refractivity contribution in [1.29, 1.82) is 0 Å². The molecule has 1 aliphatic rings. The van der Waals surface area contributed by atoms with Gasteiger partial charge < -0.3 is 10.2 Å². The van der Waals surface area contributed by atoms with Crippen LogP contribution in [0.2, 0.25) is 0 Å². The average Bonchev–Trinajstić information content (AvgIpc) is 3.02. The summed E-state index contributed by atoms with van der Waals surface area (Å²) in [6.45, 7) is 7.85. The fraction of sp³-hybridized carbons (Fsp3) is 0.500. The molecule has 1 saturated heterocycles. The monoisotopic (exact) mass is 298 g/mol. The van der Waals surface area contributed by atoms with Gasteiger partial charge in [-0.1, -0.05) is 30.3 Å². The van der Waals surface area contributed by atoms with Crippen molar-refractivity contribution in [3.05, 3.63) is 42.1 Å². The van der Waals surface area contributed by atoms with Crippen molar-refractivity contribution in [2.45, 2.75) is 45.3 Å². The number of aromatic nitrogens is 2. The van der Waals surface area contributed by atoms with E-state index in [0.29, 0.717) is 12.1 Å². The number of rotatable bonds is 5. The Morgan fingerprint density at radius 2 is 1.95 bits per heavy atom. The van der Waals surface area contributed by atoms with Crippen LogP contribution in [-0.4, -0.2) is 40.3 Å². The first-order chi connectivity index (χ1) is 10.7. The molecule has 1 aromatic heterocycles. The van der Waals surface area contributed by atoms with Gasteiger partial charge in [-0.15, -0.1) is 0 Å². The summed E-state index contributed by atoms with van der Waals surface area (Å²) in [5, 5.41) is 11.1. The number of piperidine rings is 1. The molecule has 2 aromatic rings. The highest BCUT2D eigenvalue weighted by Crippen LogP contribution is 2.21. The summed E-state index contributed by atoms with van der Waals surface area (Å²) in [6, 6.07) is 11.7. The maximum Gasteiger partial charge on any atom is 0.0695 e. The molecule has 1 fully saturated rings. The smallest absolute Gasteiger partial charge is 0.0695 e. The molecule has 4 heteroatoms. The molecular formula is C18H26N4. The van der Waals surface area contributed by atoms with Crippen molar-refractivity contribution in [2.75, 3.05) is 13.1 Å². The first-order valence-corrected chi connectivity index (χ1v) is 8.29. The van der Waals surface area contributed by atoms with E-state index in [0.717, 1.165) is 12.2 Å². The van der Waals surface area contributed by atoms with Crippen LogP contribution in [0.15, 0.2) is 36.5 Å². The van der Waals surface area contributed by atoms with Gasteiger partial charge in [-0.05, 0) is 45.3 Å². The number of benzene rings is 1. The lowest BCUT2D eigenvalue weighted by molar-refractivity contribution is 0.161. The Bertz CT molecular complexity index is 568. The van der Waals surface area contributed by atoms with Gasteiger partial charge in [-0.3, -0.25) is 5.10 Å². The summed E-state index contributed by atoms with van der Waals surface area (Å²) in [7, 11) is 0. The van der Waals surface area contributed by atoms with Gasteiger partial charge in [-0.25, -0.2) is 0 Å². The molecule has 0 saturated carbocycles. The first-order valence-electron chi connectivity index (χ1n) is 8.29. The molecular weight excluding hydrogens is 272 g/mol. The second-order valence-electron chi connectivity index (χ2n) is 6.42. The standard InChI is InChI=1S/C18H26N4/c1-14(2)22-10-8-17(9-11-22)19-12-16-13-20-21-18(16)15-6-4-3-5-7-15/h3-7,13-14,17,19H,8-12H2,1-2H3,(H,20,21). The van der Waals surface area contributed by atoms with Crippen LogP contribution >= 0.6 is 0 Å². The Labute approximate surface area is 132 Å². The number of H-pyrrole nitrogens is 1. The summed E-state index contributed by atoms with van der Waals surface area (Å²) in [5.74, 6) is 0. The van der Waals surface area contributed by atoms with Crippen LogP contribution in [0, 0.1) is 0 Å². The first kappa shape index (κ1) is 15.3. The van der Waals surface area contributed by atoms with Crippen molar-refractivity contribution in [1.82, 2.24) is 20.4 Å². The van der Waals surface area contributed by atoms with Gasteiger partial charge in [0.25, 0.3) is 0 Å². The zero-order valence-corrected chi connectivity index (χ0v) is 13.5. The topological polar surface area (TPSA) is 44.0 Å². The van der Waals surface area contributed by atoms with E-state index in [2.05, 4.69) is 58.5 Å². The van der Waals surface area contributed by atoms with Crippen LogP contribution in [0.25, 0.3) is 11.3 Å². The maximum absolute atomic E-state index is 4.22. The molecule has 0 amide bonds. The summed E-state index contributed by atoms with van der Waals surface area (Å²) in [6.07, 6.45) is 4.41. The van der Waals surface area contributed by atoms with Crippen molar-refractivity contribution < 1.29 is 0 Å². The molecule has 118 valence electrons. The second-order valence-corrected chi connectivity index (χ2v) is 6.42. The summed E-state index contributed by atoms with van der Waals surface area (Å²) >= 11 is 0. The Morgan fingerprint density at radius 3 is 2.64 bits per heavy atom. The molecule has 0 aliphatic carbocycles. The van der Waals surface area contributed by atoms with Crippen LogP contribution < -0.4 is 5.32 Å². The van der Waals surface area contributed by atoms with Crippen LogP contribution in [0.5, 0.6) is 0 Å². The lowest BCUT2D eigenvalue weighted by atomic mass is 10.0. The molecule has 4 nitrogen and oxygen atoms in total. The van der Waals surface area contributed by atoms with Crippen molar-refractivity contribution in [2.24, 2.45) is 0 Å². The Balaban J connectivity index is 1.56. The Hall–Kier alpha value is -1.65. The van der Waals surface area contributed by atoms with Crippen molar-refractivity contribution >= 4 is 0 Å². The molecule has 2 heterocycles. The van der Waals surface area contributed by atoms with Gasteiger partial charge in [0.2, 0.25) is 0 Å². The molecule has 0 atom stereocenters. The molecule has 0 bridgehead atoms. The van der Waals surface area contributed by atoms with Crippen molar-refractivity contribution in [3.63, 3.8) is 0 Å². The van der Waals surface area contributed by atoms with Gasteiger partial charge in [-0.2, -0.15) is 5.10 Å². The maximum atomic E-state index is 4.22. The Morgan fingerprint density at radius 1 is 1.23 bits per heavy atom. The number of nitrogens with zero attached hydrogens (tertiary/aromatic N) is 2. The summed E-state index contributed by atoms with van der Waals surface area (Å²) in [5.41, 5.74) is 3.58. The van der Waals surface area contributed by atoms with Gasteiger partial charge in [0, 0.05) is 24.2 Å². The van der Waals surface area contributed by atoms with Gasteiger partial charge in [0.1, 0.15) is 0 Å².